The Balaban J connectivity index is 1.77. The molecule has 29 heavy (non-hydrogen) atoms. The first kappa shape index (κ1) is 20.2. The third kappa shape index (κ3) is 4.66. The van der Waals surface area contributed by atoms with Crippen LogP contribution in [0.3, 0.4) is 0 Å². The van der Waals surface area contributed by atoms with Gasteiger partial charge in [-0.15, -0.1) is 0 Å². The van der Waals surface area contributed by atoms with Gasteiger partial charge in [0.25, 0.3) is 0 Å². The van der Waals surface area contributed by atoms with E-state index in [9.17, 15) is 22.8 Å². The molecule has 150 valence electrons. The fraction of sp³-hybridized carbons (Fsp3) is 0.143. The van der Waals surface area contributed by atoms with E-state index >= 15 is 0 Å². The van der Waals surface area contributed by atoms with E-state index in [4.69, 9.17) is 9.15 Å². The summed E-state index contributed by atoms with van der Waals surface area (Å²) in [7, 11) is 1.21. The number of carbonyl (C=O) groups is 2. The molecule has 0 amide bonds. The number of furan rings is 1. The average Bonchev–Trinajstić information content (AvgIpc) is 3.20. The Hall–Kier alpha value is -3.55. The number of benzene rings is 2. The van der Waals surface area contributed by atoms with Crippen molar-refractivity contribution in [2.24, 2.45) is 0 Å². The first-order valence-corrected chi connectivity index (χ1v) is 8.40. The maximum Gasteiger partial charge on any atom is 0.416 e. The predicted octanol–water partition coefficient (Wildman–Crippen LogP) is 5.11. The summed E-state index contributed by atoms with van der Waals surface area (Å²) >= 11 is 0. The summed E-state index contributed by atoms with van der Waals surface area (Å²) in [6.45, 7) is -0.225. The van der Waals surface area contributed by atoms with E-state index in [0.29, 0.717) is 11.1 Å². The van der Waals surface area contributed by atoms with Crippen LogP contribution in [0.2, 0.25) is 0 Å². The second kappa shape index (κ2) is 8.22. The molecule has 0 radical (unpaired) electrons. The van der Waals surface area contributed by atoms with Gasteiger partial charge in [0.2, 0.25) is 5.76 Å². The minimum Gasteiger partial charge on any atom is -0.463 e. The molecule has 2 aromatic carbocycles. The Kier molecular flexibility index (Phi) is 5.72. The van der Waals surface area contributed by atoms with Gasteiger partial charge in [-0.2, -0.15) is 13.2 Å². The van der Waals surface area contributed by atoms with E-state index in [-0.39, 0.29) is 23.7 Å². The topological polar surface area (TPSA) is 65.7 Å². The van der Waals surface area contributed by atoms with Gasteiger partial charge in [0, 0.05) is 0 Å². The summed E-state index contributed by atoms with van der Waals surface area (Å²) < 4.78 is 53.2. The number of methoxy groups -OCH3 is 1. The summed E-state index contributed by atoms with van der Waals surface area (Å²) in [6, 6.07) is 13.8. The largest absolute Gasteiger partial charge is 0.463 e. The molecule has 3 rings (SSSR count). The van der Waals surface area contributed by atoms with E-state index in [1.54, 1.807) is 18.2 Å². The van der Waals surface area contributed by atoms with Gasteiger partial charge >= 0.3 is 18.1 Å². The van der Waals surface area contributed by atoms with Gasteiger partial charge in [0.05, 0.1) is 18.2 Å². The highest BCUT2D eigenvalue weighted by molar-refractivity contribution is 5.97. The smallest absolute Gasteiger partial charge is 0.416 e. The van der Waals surface area contributed by atoms with Gasteiger partial charge in [-0.1, -0.05) is 30.3 Å². The van der Waals surface area contributed by atoms with Crippen molar-refractivity contribution in [2.45, 2.75) is 12.8 Å². The van der Waals surface area contributed by atoms with Crippen LogP contribution in [-0.4, -0.2) is 19.0 Å². The maximum absolute atomic E-state index is 12.8. The average molecular weight is 404 g/mol. The fourth-order valence-electron chi connectivity index (χ4n) is 2.63. The molecule has 0 N–H and O–H groups in total. The molecule has 5 nitrogen and oxygen atoms in total. The first-order chi connectivity index (χ1) is 13.8. The Morgan fingerprint density at radius 2 is 1.62 bits per heavy atom. The molecule has 0 saturated carbocycles. The van der Waals surface area contributed by atoms with Crippen molar-refractivity contribution in [1.82, 2.24) is 0 Å². The maximum atomic E-state index is 12.8. The van der Waals surface area contributed by atoms with Gasteiger partial charge in [-0.3, -0.25) is 0 Å². The number of halogens is 3. The van der Waals surface area contributed by atoms with Crippen molar-refractivity contribution in [3.63, 3.8) is 0 Å². The van der Waals surface area contributed by atoms with Crippen molar-refractivity contribution in [1.29, 1.82) is 0 Å². The zero-order valence-electron chi connectivity index (χ0n) is 15.2. The molecule has 1 aromatic heterocycles. The number of rotatable bonds is 5. The molecule has 3 aromatic rings. The van der Waals surface area contributed by atoms with Crippen LogP contribution in [0.15, 0.2) is 65.1 Å². The van der Waals surface area contributed by atoms with Crippen LogP contribution in [0.25, 0.3) is 11.1 Å². The molecule has 0 aliphatic rings. The second-order valence-corrected chi connectivity index (χ2v) is 5.95. The van der Waals surface area contributed by atoms with Gasteiger partial charge in [-0.05, 0) is 41.5 Å². The van der Waals surface area contributed by atoms with Crippen LogP contribution in [0.4, 0.5) is 13.2 Å². The quantitative estimate of drug-likeness (QED) is 0.553. The van der Waals surface area contributed by atoms with E-state index < -0.39 is 23.7 Å². The normalized spacial score (nSPS) is 11.2. The lowest BCUT2D eigenvalue weighted by Gasteiger charge is -2.11. The van der Waals surface area contributed by atoms with Crippen LogP contribution in [0, 0.1) is 0 Å². The molecule has 0 saturated heterocycles. The molecule has 0 aliphatic heterocycles. The fourth-order valence-corrected chi connectivity index (χ4v) is 2.63. The van der Waals surface area contributed by atoms with Gasteiger partial charge in [-0.25, -0.2) is 9.59 Å². The zero-order valence-corrected chi connectivity index (χ0v) is 15.2. The molecule has 8 heteroatoms. The summed E-state index contributed by atoms with van der Waals surface area (Å²) in [5.74, 6) is -1.12. The van der Waals surface area contributed by atoms with Gasteiger partial charge in [0.1, 0.15) is 12.4 Å². The van der Waals surface area contributed by atoms with E-state index in [1.807, 2.05) is 0 Å². The molecule has 0 spiro atoms. The zero-order chi connectivity index (χ0) is 21.0. The summed E-state index contributed by atoms with van der Waals surface area (Å²) in [4.78, 5) is 23.9. The summed E-state index contributed by atoms with van der Waals surface area (Å²) in [5, 5.41) is 0. The first-order valence-electron chi connectivity index (χ1n) is 8.40. The minimum absolute atomic E-state index is 0.0243. The molecule has 1 heterocycles. The van der Waals surface area contributed by atoms with E-state index in [0.717, 1.165) is 12.1 Å². The molecule has 0 bridgehead atoms. The lowest BCUT2D eigenvalue weighted by molar-refractivity contribution is -0.137. The van der Waals surface area contributed by atoms with Crippen molar-refractivity contribution >= 4 is 11.9 Å². The number of esters is 2. The number of alkyl halides is 3. The standard InChI is InChI=1S/C21H15F3O5/c1-27-20(26)18-11-10-15(29-18)12-28-19(25)17-5-3-2-4-16(17)13-6-8-14(9-7-13)21(22,23)24/h2-11H,12H2,1H3. The predicted molar refractivity (Wildman–Crippen MR) is 96.0 cm³/mol. The molecule has 0 unspecified atom stereocenters. The van der Waals surface area contributed by atoms with Crippen LogP contribution in [0.5, 0.6) is 0 Å². The Morgan fingerprint density at radius 3 is 2.28 bits per heavy atom. The summed E-state index contributed by atoms with van der Waals surface area (Å²) in [6.07, 6.45) is -4.44. The highest BCUT2D eigenvalue weighted by atomic mass is 19.4. The Morgan fingerprint density at radius 1 is 0.931 bits per heavy atom. The number of carbonyl (C=O) groups excluding carboxylic acids is 2. The molecular weight excluding hydrogens is 389 g/mol. The highest BCUT2D eigenvalue weighted by Crippen LogP contribution is 2.32. The van der Waals surface area contributed by atoms with Crippen LogP contribution in [-0.2, 0) is 22.3 Å². The second-order valence-electron chi connectivity index (χ2n) is 5.95. The lowest BCUT2D eigenvalue weighted by Crippen LogP contribution is -2.07. The van der Waals surface area contributed by atoms with Crippen molar-refractivity contribution in [3.05, 3.63) is 83.3 Å². The van der Waals surface area contributed by atoms with Crippen molar-refractivity contribution in [3.8, 4) is 11.1 Å². The van der Waals surface area contributed by atoms with Crippen LogP contribution >= 0.6 is 0 Å². The Bertz CT molecular complexity index is 1020. The third-order valence-electron chi connectivity index (χ3n) is 4.06. The summed E-state index contributed by atoms with van der Waals surface area (Å²) in [5.41, 5.74) is 0.282. The van der Waals surface area contributed by atoms with Crippen molar-refractivity contribution in [2.75, 3.05) is 7.11 Å². The number of ether oxygens (including phenoxy) is 2. The SMILES string of the molecule is COC(=O)c1ccc(COC(=O)c2ccccc2-c2ccc(C(F)(F)F)cc2)o1. The third-order valence-corrected chi connectivity index (χ3v) is 4.06. The lowest BCUT2D eigenvalue weighted by atomic mass is 9.98. The van der Waals surface area contributed by atoms with Crippen LogP contribution < -0.4 is 0 Å². The van der Waals surface area contributed by atoms with E-state index in [2.05, 4.69) is 4.74 Å². The minimum atomic E-state index is -4.44. The monoisotopic (exact) mass is 404 g/mol. The Labute approximate surface area is 163 Å². The van der Waals surface area contributed by atoms with Gasteiger partial charge < -0.3 is 13.9 Å². The highest BCUT2D eigenvalue weighted by Gasteiger charge is 2.30. The van der Waals surface area contributed by atoms with Crippen LogP contribution in [0.1, 0.15) is 32.2 Å². The van der Waals surface area contributed by atoms with Crippen molar-refractivity contribution < 1.29 is 36.7 Å². The number of hydrogen-bond acceptors (Lipinski definition) is 5. The van der Waals surface area contributed by atoms with E-state index in [1.165, 1.54) is 37.4 Å². The molecule has 0 aliphatic carbocycles. The molecule has 0 atom stereocenters. The molecular formula is C21H15F3O5. The number of hydrogen-bond donors (Lipinski definition) is 0. The van der Waals surface area contributed by atoms with Gasteiger partial charge in [0.15, 0.2) is 0 Å². The molecule has 0 fully saturated rings.